The van der Waals surface area contributed by atoms with Crippen molar-refractivity contribution in [3.05, 3.63) is 30.1 Å². The van der Waals surface area contributed by atoms with E-state index < -0.39 is 10.8 Å². The molecule has 1 N–H and O–H groups in total. The highest BCUT2D eigenvalue weighted by molar-refractivity contribution is 5.92. The Morgan fingerprint density at radius 1 is 1.33 bits per heavy atom. The Bertz CT molecular complexity index is 659. The van der Waals surface area contributed by atoms with Crippen LogP contribution in [0, 0.1) is 11.3 Å². The number of nitrogens with one attached hydrogen (secondary N) is 1. The first kappa shape index (κ1) is 15.6. The van der Waals surface area contributed by atoms with Gasteiger partial charge in [-0.3, -0.25) is 14.6 Å². The normalized spacial score (nSPS) is 30.5. The fraction of sp³-hybridized carbons (Fsp3) is 0.611. The second kappa shape index (κ2) is 5.55. The molecule has 3 heterocycles. The third kappa shape index (κ3) is 2.16. The predicted octanol–water partition coefficient (Wildman–Crippen LogP) is 0.724. The van der Waals surface area contributed by atoms with Gasteiger partial charge in [0.25, 0.3) is 0 Å². The van der Waals surface area contributed by atoms with Crippen LogP contribution in [0.25, 0.3) is 0 Å². The van der Waals surface area contributed by atoms with E-state index >= 15 is 0 Å². The molecule has 24 heavy (non-hydrogen) atoms. The summed E-state index contributed by atoms with van der Waals surface area (Å²) in [7, 11) is 1.67. The molecule has 0 spiro atoms. The summed E-state index contributed by atoms with van der Waals surface area (Å²) in [5, 5.41) is 2.80. The van der Waals surface area contributed by atoms with Crippen LogP contribution in [0.4, 0.5) is 0 Å². The number of rotatable bonds is 3. The van der Waals surface area contributed by atoms with E-state index in [0.717, 1.165) is 18.5 Å². The average Bonchev–Trinajstić information content (AvgIpc) is 3.35. The largest absolute Gasteiger partial charge is 0.381 e. The van der Waals surface area contributed by atoms with E-state index in [9.17, 15) is 9.59 Å². The lowest BCUT2D eigenvalue weighted by atomic mass is 9.73. The van der Waals surface area contributed by atoms with Gasteiger partial charge in [0.1, 0.15) is 0 Å². The van der Waals surface area contributed by atoms with Crippen LogP contribution in [0.5, 0.6) is 0 Å². The molecular weight excluding hydrogens is 306 g/mol. The molecule has 1 saturated carbocycles. The number of hydrogen-bond acceptors (Lipinski definition) is 4. The van der Waals surface area contributed by atoms with Gasteiger partial charge in [-0.05, 0) is 31.4 Å². The van der Waals surface area contributed by atoms with Crippen LogP contribution in [0.3, 0.4) is 0 Å². The zero-order valence-electron chi connectivity index (χ0n) is 14.0. The molecule has 6 heteroatoms. The molecule has 1 aromatic heterocycles. The van der Waals surface area contributed by atoms with Crippen molar-refractivity contribution >= 4 is 11.8 Å². The summed E-state index contributed by atoms with van der Waals surface area (Å²) in [6.07, 6.45) is 4.10. The number of aromatic nitrogens is 1. The molecule has 2 amide bonds. The van der Waals surface area contributed by atoms with Crippen molar-refractivity contribution in [2.24, 2.45) is 11.3 Å². The van der Waals surface area contributed by atoms with Crippen molar-refractivity contribution in [1.82, 2.24) is 15.2 Å². The van der Waals surface area contributed by atoms with Gasteiger partial charge in [0.2, 0.25) is 11.8 Å². The molecule has 4 rings (SSSR count). The molecule has 0 bridgehead atoms. The fourth-order valence-electron chi connectivity index (χ4n) is 4.38. The van der Waals surface area contributed by atoms with Gasteiger partial charge < -0.3 is 15.0 Å². The van der Waals surface area contributed by atoms with Crippen LogP contribution < -0.4 is 5.32 Å². The Balaban J connectivity index is 1.60. The van der Waals surface area contributed by atoms with Gasteiger partial charge in [0, 0.05) is 38.9 Å². The third-order valence-corrected chi connectivity index (χ3v) is 5.99. The van der Waals surface area contributed by atoms with Crippen molar-refractivity contribution in [3.8, 4) is 0 Å². The first-order chi connectivity index (χ1) is 11.6. The molecule has 1 aliphatic carbocycles. The molecule has 2 saturated heterocycles. The Kier molecular flexibility index (Phi) is 3.60. The SMILES string of the molecule is CNC(=O)[C@]12CCOC[C@H]1CN(C(=O)C1(c3ccccn3)CC1)C2. The van der Waals surface area contributed by atoms with Crippen molar-refractivity contribution in [2.75, 3.05) is 33.4 Å². The maximum absolute atomic E-state index is 13.2. The molecule has 0 unspecified atom stereocenters. The van der Waals surface area contributed by atoms with Crippen molar-refractivity contribution in [2.45, 2.75) is 24.7 Å². The van der Waals surface area contributed by atoms with E-state index in [2.05, 4.69) is 10.3 Å². The van der Waals surface area contributed by atoms with Gasteiger partial charge in [-0.1, -0.05) is 6.07 Å². The number of hydrogen-bond donors (Lipinski definition) is 1. The summed E-state index contributed by atoms with van der Waals surface area (Å²) in [6.45, 7) is 2.22. The molecule has 3 fully saturated rings. The van der Waals surface area contributed by atoms with Crippen molar-refractivity contribution < 1.29 is 14.3 Å². The summed E-state index contributed by atoms with van der Waals surface area (Å²) in [6, 6.07) is 5.73. The molecule has 0 aromatic carbocycles. The molecule has 2 atom stereocenters. The number of nitrogens with zero attached hydrogens (tertiary/aromatic N) is 2. The fourth-order valence-corrected chi connectivity index (χ4v) is 4.38. The van der Waals surface area contributed by atoms with Gasteiger partial charge in [-0.15, -0.1) is 0 Å². The Labute approximate surface area is 141 Å². The van der Waals surface area contributed by atoms with Gasteiger partial charge in [0.05, 0.1) is 23.1 Å². The highest BCUT2D eigenvalue weighted by Gasteiger charge is 2.60. The van der Waals surface area contributed by atoms with E-state index in [1.54, 1.807) is 13.2 Å². The van der Waals surface area contributed by atoms with Crippen LogP contribution in [-0.4, -0.2) is 55.0 Å². The first-order valence-corrected chi connectivity index (χ1v) is 8.63. The van der Waals surface area contributed by atoms with Crippen molar-refractivity contribution in [3.63, 3.8) is 0 Å². The second-order valence-corrected chi connectivity index (χ2v) is 7.24. The Hall–Kier alpha value is -1.95. The summed E-state index contributed by atoms with van der Waals surface area (Å²) in [5.41, 5.74) is -0.113. The number of carbonyl (C=O) groups is 2. The smallest absolute Gasteiger partial charge is 0.234 e. The standard InChI is InChI=1S/C18H23N3O3/c1-19-15(22)18-7-9-24-11-13(18)10-21(12-18)16(23)17(5-6-17)14-4-2-3-8-20-14/h2-4,8,13H,5-7,9-12H2,1H3,(H,19,22)/t13-,18+/m1/s1. The monoisotopic (exact) mass is 329 g/mol. The number of pyridine rings is 1. The van der Waals surface area contributed by atoms with Gasteiger partial charge in [-0.25, -0.2) is 0 Å². The highest BCUT2D eigenvalue weighted by atomic mass is 16.5. The number of ether oxygens (including phenoxy) is 1. The van der Waals surface area contributed by atoms with Crippen LogP contribution in [0.1, 0.15) is 25.0 Å². The topological polar surface area (TPSA) is 71.5 Å². The molecule has 0 radical (unpaired) electrons. The quantitative estimate of drug-likeness (QED) is 0.887. The van der Waals surface area contributed by atoms with Crippen LogP contribution >= 0.6 is 0 Å². The summed E-state index contributed by atoms with van der Waals surface area (Å²) < 4.78 is 5.59. The van der Waals surface area contributed by atoms with Gasteiger partial charge in [-0.2, -0.15) is 0 Å². The summed E-state index contributed by atoms with van der Waals surface area (Å²) >= 11 is 0. The molecule has 6 nitrogen and oxygen atoms in total. The zero-order valence-corrected chi connectivity index (χ0v) is 14.0. The van der Waals surface area contributed by atoms with Gasteiger partial charge >= 0.3 is 0 Å². The van der Waals surface area contributed by atoms with E-state index in [4.69, 9.17) is 4.74 Å². The minimum absolute atomic E-state index is 0.0359. The van der Waals surface area contributed by atoms with E-state index in [1.165, 1.54) is 0 Å². The predicted molar refractivity (Wildman–Crippen MR) is 87.2 cm³/mol. The third-order valence-electron chi connectivity index (χ3n) is 5.99. The second-order valence-electron chi connectivity index (χ2n) is 7.24. The van der Waals surface area contributed by atoms with Crippen LogP contribution in [-0.2, 0) is 19.7 Å². The number of amides is 2. The molecular formula is C18H23N3O3. The lowest BCUT2D eigenvalue weighted by molar-refractivity contribution is -0.139. The first-order valence-electron chi connectivity index (χ1n) is 8.63. The lowest BCUT2D eigenvalue weighted by Gasteiger charge is -2.36. The number of fused-ring (bicyclic) bond motifs is 1. The molecule has 3 aliphatic rings. The van der Waals surface area contributed by atoms with Crippen LogP contribution in [0.2, 0.25) is 0 Å². The molecule has 128 valence electrons. The number of likely N-dealkylation sites (tertiary alicyclic amines) is 1. The minimum Gasteiger partial charge on any atom is -0.381 e. The average molecular weight is 329 g/mol. The molecule has 1 aromatic rings. The Morgan fingerprint density at radius 2 is 2.17 bits per heavy atom. The maximum atomic E-state index is 13.2. The van der Waals surface area contributed by atoms with Gasteiger partial charge in [0.15, 0.2) is 0 Å². The summed E-state index contributed by atoms with van der Waals surface area (Å²) in [5.74, 6) is 0.238. The Morgan fingerprint density at radius 3 is 2.83 bits per heavy atom. The van der Waals surface area contributed by atoms with Crippen LogP contribution in [0.15, 0.2) is 24.4 Å². The highest BCUT2D eigenvalue weighted by Crippen LogP contribution is 2.51. The molecule has 2 aliphatic heterocycles. The summed E-state index contributed by atoms with van der Waals surface area (Å²) in [4.78, 5) is 32.1. The number of carbonyl (C=O) groups excluding carboxylic acids is 2. The van der Waals surface area contributed by atoms with E-state index in [0.29, 0.717) is 32.7 Å². The van der Waals surface area contributed by atoms with E-state index in [1.807, 2.05) is 23.1 Å². The maximum Gasteiger partial charge on any atom is 0.234 e. The minimum atomic E-state index is -0.497. The van der Waals surface area contributed by atoms with Crippen molar-refractivity contribution in [1.29, 1.82) is 0 Å². The lowest BCUT2D eigenvalue weighted by Crippen LogP contribution is -2.50. The zero-order chi connectivity index (χ0) is 16.8. The van der Waals surface area contributed by atoms with E-state index in [-0.39, 0.29) is 17.7 Å².